The van der Waals surface area contributed by atoms with E-state index in [2.05, 4.69) is 6.92 Å². The van der Waals surface area contributed by atoms with E-state index in [1.807, 2.05) is 6.92 Å². The number of rotatable bonds is 1. The van der Waals surface area contributed by atoms with Crippen LogP contribution in [0.3, 0.4) is 0 Å². The van der Waals surface area contributed by atoms with Crippen LogP contribution in [-0.2, 0) is 19.1 Å². The molecule has 0 bridgehead atoms. The lowest BCUT2D eigenvalue weighted by atomic mass is 9.45. The van der Waals surface area contributed by atoms with Gasteiger partial charge in [0.15, 0.2) is 0 Å². The first-order valence-corrected chi connectivity index (χ1v) is 9.99. The fraction of sp³-hybridized carbons (Fsp3) is 0.857. The molecule has 4 fully saturated rings. The Morgan fingerprint density at radius 3 is 2.60 bits per heavy atom. The van der Waals surface area contributed by atoms with Gasteiger partial charge < -0.3 is 4.74 Å². The summed E-state index contributed by atoms with van der Waals surface area (Å²) in [4.78, 5) is 37.0. The molecule has 0 aromatic heterocycles. The molecule has 4 aliphatic rings. The number of carbonyl (C=O) groups excluding carboxylic acids is 3. The Hall–Kier alpha value is -1.19. The lowest BCUT2D eigenvalue weighted by Gasteiger charge is -2.59. The predicted octanol–water partition coefficient (Wildman–Crippen LogP) is 3.71. The molecule has 0 aliphatic heterocycles. The van der Waals surface area contributed by atoms with Crippen molar-refractivity contribution in [2.45, 2.75) is 78.2 Å². The van der Waals surface area contributed by atoms with E-state index >= 15 is 0 Å². The molecule has 0 spiro atoms. The first-order valence-electron chi connectivity index (χ1n) is 9.99. The molecule has 0 radical (unpaired) electrons. The summed E-state index contributed by atoms with van der Waals surface area (Å²) >= 11 is 0. The van der Waals surface area contributed by atoms with Crippen molar-refractivity contribution >= 4 is 17.5 Å². The Morgan fingerprint density at radius 2 is 1.88 bits per heavy atom. The van der Waals surface area contributed by atoms with E-state index < -0.39 is 5.41 Å². The van der Waals surface area contributed by atoms with E-state index in [-0.39, 0.29) is 23.4 Å². The molecule has 7 atom stereocenters. The maximum atomic E-state index is 13.2. The van der Waals surface area contributed by atoms with Gasteiger partial charge in [0.2, 0.25) is 0 Å². The van der Waals surface area contributed by atoms with Crippen molar-refractivity contribution in [1.29, 1.82) is 0 Å². The first kappa shape index (κ1) is 17.2. The maximum Gasteiger partial charge on any atom is 0.302 e. The number of hydrogen-bond donors (Lipinski definition) is 0. The summed E-state index contributed by atoms with van der Waals surface area (Å²) in [6, 6.07) is 0. The molecule has 0 unspecified atom stereocenters. The quantitative estimate of drug-likeness (QED) is 0.679. The summed E-state index contributed by atoms with van der Waals surface area (Å²) in [7, 11) is 0. The van der Waals surface area contributed by atoms with Crippen molar-refractivity contribution in [3.8, 4) is 0 Å². The van der Waals surface area contributed by atoms with Gasteiger partial charge in [-0.3, -0.25) is 14.4 Å². The van der Waals surface area contributed by atoms with Crippen molar-refractivity contribution < 1.29 is 19.1 Å². The molecular weight excluding hydrogens is 316 g/mol. The van der Waals surface area contributed by atoms with Crippen LogP contribution >= 0.6 is 0 Å². The van der Waals surface area contributed by atoms with Gasteiger partial charge in [-0.25, -0.2) is 0 Å². The second-order valence-electron chi connectivity index (χ2n) is 9.56. The summed E-state index contributed by atoms with van der Waals surface area (Å²) in [5, 5.41) is 0. The molecule has 0 aromatic rings. The average Bonchev–Trinajstić information content (AvgIpc) is 2.82. The maximum absolute atomic E-state index is 13.2. The van der Waals surface area contributed by atoms with E-state index in [4.69, 9.17) is 4.74 Å². The van der Waals surface area contributed by atoms with E-state index in [0.29, 0.717) is 42.2 Å². The number of esters is 1. The van der Waals surface area contributed by atoms with Gasteiger partial charge in [0, 0.05) is 31.1 Å². The van der Waals surface area contributed by atoms with Gasteiger partial charge in [0.25, 0.3) is 0 Å². The van der Waals surface area contributed by atoms with Crippen LogP contribution in [0, 0.1) is 34.5 Å². The Morgan fingerprint density at radius 1 is 1.12 bits per heavy atom. The number of Topliss-reactive ketones (excluding diaryl/α,β-unsaturated/α-hetero) is 2. The third kappa shape index (κ3) is 2.43. The predicted molar refractivity (Wildman–Crippen MR) is 92.7 cm³/mol. The summed E-state index contributed by atoms with van der Waals surface area (Å²) < 4.78 is 5.48. The lowest BCUT2D eigenvalue weighted by molar-refractivity contribution is -0.168. The number of ether oxygens (including phenoxy) is 1. The molecule has 4 rings (SSSR count). The van der Waals surface area contributed by atoms with Gasteiger partial charge in [0.05, 0.1) is 0 Å². The Kier molecular flexibility index (Phi) is 3.90. The number of hydrogen-bond acceptors (Lipinski definition) is 4. The molecule has 0 aromatic carbocycles. The van der Waals surface area contributed by atoms with Crippen molar-refractivity contribution in [2.24, 2.45) is 34.5 Å². The van der Waals surface area contributed by atoms with Crippen LogP contribution in [0.2, 0.25) is 0 Å². The van der Waals surface area contributed by atoms with Crippen LogP contribution in [0.1, 0.15) is 72.1 Å². The molecule has 4 saturated carbocycles. The Labute approximate surface area is 150 Å². The van der Waals surface area contributed by atoms with Gasteiger partial charge in [-0.1, -0.05) is 13.8 Å². The van der Waals surface area contributed by atoms with Crippen LogP contribution in [0.5, 0.6) is 0 Å². The SMILES string of the molecule is CC(=O)O[C@H]1CC[C@@]2(C)[C@H](CC[C@@H]3[C@H]2C(=O)C[C@]2(C)C(=O)CC[C@@H]32)C1. The molecule has 4 aliphatic carbocycles. The fourth-order valence-corrected chi connectivity index (χ4v) is 7.15. The molecule has 138 valence electrons. The molecule has 0 amide bonds. The molecule has 4 nitrogen and oxygen atoms in total. The Bertz CT molecular complexity index is 625. The zero-order valence-corrected chi connectivity index (χ0v) is 15.7. The smallest absolute Gasteiger partial charge is 0.302 e. The standard InChI is InChI=1S/C21H30O4/c1-12(22)25-14-8-9-20(2)13(10-14)4-5-15-16-6-7-18(24)21(16,3)11-17(23)19(15)20/h13-16,19H,4-11H2,1-3H3/t13-,14+,15+,16+,19+,20+,21+/m1/s1. The molecule has 0 N–H and O–H groups in total. The summed E-state index contributed by atoms with van der Waals surface area (Å²) in [6.07, 6.45) is 6.97. The Balaban J connectivity index is 1.60. The van der Waals surface area contributed by atoms with Gasteiger partial charge in [-0.2, -0.15) is 0 Å². The molecule has 25 heavy (non-hydrogen) atoms. The highest BCUT2D eigenvalue weighted by atomic mass is 16.5. The monoisotopic (exact) mass is 346 g/mol. The molecule has 4 heteroatoms. The third-order valence-corrected chi connectivity index (χ3v) is 8.35. The van der Waals surface area contributed by atoms with Crippen LogP contribution < -0.4 is 0 Å². The highest BCUT2D eigenvalue weighted by Crippen LogP contribution is 2.64. The van der Waals surface area contributed by atoms with Crippen molar-refractivity contribution in [1.82, 2.24) is 0 Å². The van der Waals surface area contributed by atoms with Crippen molar-refractivity contribution in [3.05, 3.63) is 0 Å². The summed E-state index contributed by atoms with van der Waals surface area (Å²) in [5.74, 6) is 1.78. The highest BCUT2D eigenvalue weighted by Gasteiger charge is 2.63. The number of carbonyl (C=O) groups is 3. The molecule has 0 saturated heterocycles. The number of fused-ring (bicyclic) bond motifs is 5. The van der Waals surface area contributed by atoms with Crippen molar-refractivity contribution in [3.63, 3.8) is 0 Å². The molecule has 0 heterocycles. The fourth-order valence-electron chi connectivity index (χ4n) is 7.15. The number of ketones is 2. The minimum atomic E-state index is -0.392. The second-order valence-corrected chi connectivity index (χ2v) is 9.56. The minimum Gasteiger partial charge on any atom is -0.463 e. The van der Waals surface area contributed by atoms with E-state index in [0.717, 1.165) is 38.5 Å². The van der Waals surface area contributed by atoms with Gasteiger partial charge in [0.1, 0.15) is 17.7 Å². The molecular formula is C21H30O4. The third-order valence-electron chi connectivity index (χ3n) is 8.35. The normalized spacial score (nSPS) is 49.2. The van der Waals surface area contributed by atoms with E-state index in [1.165, 1.54) is 6.92 Å². The summed E-state index contributed by atoms with van der Waals surface area (Å²) in [6.45, 7) is 5.83. The van der Waals surface area contributed by atoms with Crippen LogP contribution in [-0.4, -0.2) is 23.6 Å². The van der Waals surface area contributed by atoms with Gasteiger partial charge in [-0.05, 0) is 61.7 Å². The lowest BCUT2D eigenvalue weighted by Crippen LogP contribution is -2.57. The average molecular weight is 346 g/mol. The topological polar surface area (TPSA) is 60.4 Å². The summed E-state index contributed by atoms with van der Waals surface area (Å²) in [5.41, 5.74) is -0.375. The minimum absolute atomic E-state index is 0.0175. The van der Waals surface area contributed by atoms with Crippen molar-refractivity contribution in [2.75, 3.05) is 0 Å². The van der Waals surface area contributed by atoms with E-state index in [1.54, 1.807) is 0 Å². The van der Waals surface area contributed by atoms with Gasteiger partial charge in [-0.15, -0.1) is 0 Å². The van der Waals surface area contributed by atoms with Crippen LogP contribution in [0.15, 0.2) is 0 Å². The largest absolute Gasteiger partial charge is 0.463 e. The van der Waals surface area contributed by atoms with Crippen LogP contribution in [0.25, 0.3) is 0 Å². The van der Waals surface area contributed by atoms with E-state index in [9.17, 15) is 14.4 Å². The zero-order chi connectivity index (χ0) is 18.0. The van der Waals surface area contributed by atoms with Gasteiger partial charge >= 0.3 is 5.97 Å². The zero-order valence-electron chi connectivity index (χ0n) is 15.7. The first-order chi connectivity index (χ1) is 11.8. The highest BCUT2D eigenvalue weighted by molar-refractivity contribution is 5.95. The van der Waals surface area contributed by atoms with Crippen LogP contribution in [0.4, 0.5) is 0 Å². The second kappa shape index (κ2) is 5.65.